The number of pyridine rings is 2. The first-order chi connectivity index (χ1) is 47.5. The van der Waals surface area contributed by atoms with Gasteiger partial charge in [0.1, 0.15) is 6.33 Å². The number of nitrogens with zero attached hydrogens (tertiary/aromatic N) is 8. The lowest BCUT2D eigenvalue weighted by molar-refractivity contribution is 0.723. The minimum atomic E-state index is 0.391. The van der Waals surface area contributed by atoms with Gasteiger partial charge in [-0.3, -0.25) is 9.97 Å². The molecule has 0 spiro atoms. The highest BCUT2D eigenvalue weighted by molar-refractivity contribution is 6.22. The zero-order valence-corrected chi connectivity index (χ0v) is 52.8. The van der Waals surface area contributed by atoms with Crippen molar-refractivity contribution in [2.24, 2.45) is 0 Å². The standard InChI is InChI=1S/C88H60N8/c1-55-20-13-36-72-69-31-5-10-39-79(69)96(88(55)72)66-28-17-24-62(51-66)87-56(2)86(91-54-92-87)61-23-16-27-65(50-61)95-81-41-12-7-33-74(81)85-71(35-19-43-83(85)95)70-34-18-42-82-84(70)73-32-6-11-40-80(73)94(82)64-26-15-22-58(49-64)60-45-47-90-76(53-60)75-52-59(44-46-89-75)57-21-14-25-63(48-57)93-77-37-8-3-29-67(77)68-30-4-9-38-78(68)93/h3-19,21-55H,20H2,1-2H3. The maximum atomic E-state index is 5.02. The molecular weight excluding hydrogens is 1170 g/mol. The third kappa shape index (κ3) is 8.69. The summed E-state index contributed by atoms with van der Waals surface area (Å²) in [6.07, 6.45) is 11.2. The first kappa shape index (κ1) is 55.1. The van der Waals surface area contributed by atoms with Crippen molar-refractivity contribution in [1.29, 1.82) is 0 Å². The first-order valence-electron chi connectivity index (χ1n) is 33.0. The summed E-state index contributed by atoms with van der Waals surface area (Å²) in [6, 6.07) is 101. The van der Waals surface area contributed by atoms with Crippen molar-refractivity contribution in [3.63, 3.8) is 0 Å². The quantitative estimate of drug-likeness (QED) is 0.137. The molecule has 7 heterocycles. The SMILES string of the molecule is Cc1c(-c2cccc(-n3c4c(c5ccccc53)C=CCC4C)c2)ncnc1-c1cccc(-n2c3ccccc3c3c(-c4cccc5c4c4ccccc4n5-c4cccc(-c5ccnc(-c6cc(-c7cccc(-n8c9ccccc9c9ccccc98)c7)ccn6)c5)c4)cccc32)c1. The van der Waals surface area contributed by atoms with Crippen LogP contribution in [0.4, 0.5) is 0 Å². The molecule has 0 aliphatic heterocycles. The minimum Gasteiger partial charge on any atom is -0.313 e. The van der Waals surface area contributed by atoms with E-state index < -0.39 is 0 Å². The number of allylic oxidation sites excluding steroid dienone is 1. The first-order valence-corrected chi connectivity index (χ1v) is 33.0. The highest BCUT2D eigenvalue weighted by Gasteiger charge is 2.26. The molecule has 1 aliphatic rings. The third-order valence-corrected chi connectivity index (χ3v) is 20.0. The minimum absolute atomic E-state index is 0.391. The predicted molar refractivity (Wildman–Crippen MR) is 397 cm³/mol. The molecule has 0 bridgehead atoms. The number of fused-ring (bicyclic) bond motifs is 12. The van der Waals surface area contributed by atoms with E-state index in [9.17, 15) is 0 Å². The lowest BCUT2D eigenvalue weighted by Gasteiger charge is -2.20. The van der Waals surface area contributed by atoms with Crippen LogP contribution in [0.5, 0.6) is 0 Å². The van der Waals surface area contributed by atoms with Gasteiger partial charge >= 0.3 is 0 Å². The summed E-state index contributed by atoms with van der Waals surface area (Å²) in [7, 11) is 0. The highest BCUT2D eigenvalue weighted by atomic mass is 15.0. The molecule has 19 rings (SSSR count). The van der Waals surface area contributed by atoms with Crippen molar-refractivity contribution in [3.05, 3.63) is 321 Å². The fourth-order valence-corrected chi connectivity index (χ4v) is 15.7. The fraction of sp³-hybridized carbons (Fsp3) is 0.0455. The molecule has 7 aromatic heterocycles. The van der Waals surface area contributed by atoms with Gasteiger partial charge in [-0.05, 0) is 162 Å². The Kier molecular flexibility index (Phi) is 12.7. The summed E-state index contributed by atoms with van der Waals surface area (Å²) < 4.78 is 9.68. The van der Waals surface area contributed by atoms with Crippen molar-refractivity contribution in [2.75, 3.05) is 0 Å². The van der Waals surface area contributed by atoms with Gasteiger partial charge in [-0.2, -0.15) is 0 Å². The number of benzene rings is 11. The Labute approximate surface area is 554 Å². The zero-order chi connectivity index (χ0) is 63.5. The number of rotatable bonds is 10. The van der Waals surface area contributed by atoms with E-state index in [1.807, 2.05) is 12.4 Å². The lowest BCUT2D eigenvalue weighted by Crippen LogP contribution is -2.07. The highest BCUT2D eigenvalue weighted by Crippen LogP contribution is 2.46. The summed E-state index contributed by atoms with van der Waals surface area (Å²) in [6.45, 7) is 4.50. The van der Waals surface area contributed by atoms with E-state index in [2.05, 4.69) is 323 Å². The fourth-order valence-electron chi connectivity index (χ4n) is 15.7. The van der Waals surface area contributed by atoms with E-state index in [-0.39, 0.29) is 0 Å². The third-order valence-electron chi connectivity index (χ3n) is 20.0. The van der Waals surface area contributed by atoms with Gasteiger partial charge in [0.15, 0.2) is 0 Å². The second-order valence-corrected chi connectivity index (χ2v) is 25.4. The van der Waals surface area contributed by atoms with Crippen molar-refractivity contribution >= 4 is 82.4 Å². The van der Waals surface area contributed by atoms with E-state index in [0.29, 0.717) is 5.92 Å². The smallest absolute Gasteiger partial charge is 0.116 e. The number of hydrogen-bond acceptors (Lipinski definition) is 4. The summed E-state index contributed by atoms with van der Waals surface area (Å²) >= 11 is 0. The molecule has 0 N–H and O–H groups in total. The van der Waals surface area contributed by atoms with Crippen LogP contribution < -0.4 is 0 Å². The predicted octanol–water partition coefficient (Wildman–Crippen LogP) is 22.3. The molecule has 1 unspecified atom stereocenters. The topological polar surface area (TPSA) is 71.3 Å². The summed E-state index contributed by atoms with van der Waals surface area (Å²) in [5, 5.41) is 8.55. The molecule has 1 atom stereocenters. The zero-order valence-electron chi connectivity index (χ0n) is 52.8. The van der Waals surface area contributed by atoms with Gasteiger partial charge in [0, 0.05) is 107 Å². The molecule has 0 fully saturated rings. The normalized spacial score (nSPS) is 13.1. The van der Waals surface area contributed by atoms with E-state index in [0.717, 1.165) is 113 Å². The van der Waals surface area contributed by atoms with Crippen LogP contribution in [0.2, 0.25) is 0 Å². The van der Waals surface area contributed by atoms with E-state index in [1.165, 1.54) is 76.6 Å². The van der Waals surface area contributed by atoms with Crippen molar-refractivity contribution in [1.82, 2.24) is 38.2 Å². The van der Waals surface area contributed by atoms with E-state index >= 15 is 0 Å². The van der Waals surface area contributed by atoms with Crippen molar-refractivity contribution in [2.45, 2.75) is 26.2 Å². The molecule has 18 aromatic rings. The summed E-state index contributed by atoms with van der Waals surface area (Å²) in [4.78, 5) is 19.8. The molecule has 0 amide bonds. The Morgan fingerprint density at radius 3 is 1.18 bits per heavy atom. The Morgan fingerprint density at radius 2 is 0.688 bits per heavy atom. The molecule has 1 aliphatic carbocycles. The maximum Gasteiger partial charge on any atom is 0.116 e. The van der Waals surface area contributed by atoms with Crippen LogP contribution >= 0.6 is 0 Å². The lowest BCUT2D eigenvalue weighted by atomic mass is 9.93. The van der Waals surface area contributed by atoms with Crippen LogP contribution in [0.1, 0.15) is 36.1 Å². The van der Waals surface area contributed by atoms with Gasteiger partial charge in [-0.15, -0.1) is 0 Å². The van der Waals surface area contributed by atoms with Gasteiger partial charge in [-0.25, -0.2) is 9.97 Å². The van der Waals surface area contributed by atoms with E-state index in [1.54, 1.807) is 6.33 Å². The summed E-state index contributed by atoms with van der Waals surface area (Å²) in [5.41, 5.74) is 28.4. The molecule has 0 saturated heterocycles. The molecule has 11 aromatic carbocycles. The van der Waals surface area contributed by atoms with Gasteiger partial charge in [0.05, 0.1) is 61.4 Å². The second-order valence-electron chi connectivity index (χ2n) is 25.4. The van der Waals surface area contributed by atoms with Crippen LogP contribution in [0.3, 0.4) is 0 Å². The molecule has 8 nitrogen and oxygen atoms in total. The van der Waals surface area contributed by atoms with Crippen LogP contribution in [-0.4, -0.2) is 38.2 Å². The van der Waals surface area contributed by atoms with Gasteiger partial charge in [0.2, 0.25) is 0 Å². The number of para-hydroxylation sites is 5. The van der Waals surface area contributed by atoms with Gasteiger partial charge in [-0.1, -0.05) is 183 Å². The monoisotopic (exact) mass is 1230 g/mol. The second kappa shape index (κ2) is 22.1. The average Bonchev–Trinajstić information content (AvgIpc) is 1.58. The molecule has 452 valence electrons. The molecule has 0 radical (unpaired) electrons. The molecule has 96 heavy (non-hydrogen) atoms. The van der Waals surface area contributed by atoms with Crippen LogP contribution in [0, 0.1) is 6.92 Å². The van der Waals surface area contributed by atoms with Crippen LogP contribution in [-0.2, 0) is 0 Å². The van der Waals surface area contributed by atoms with Crippen LogP contribution in [0.15, 0.2) is 304 Å². The molecular formula is C88H60N8. The van der Waals surface area contributed by atoms with Gasteiger partial charge < -0.3 is 18.3 Å². The molecule has 8 heteroatoms. The number of hydrogen-bond donors (Lipinski definition) is 0. The van der Waals surface area contributed by atoms with Crippen molar-refractivity contribution in [3.8, 4) is 90.0 Å². The Morgan fingerprint density at radius 1 is 0.323 bits per heavy atom. The Hall–Kier alpha value is -12.5. The Balaban J connectivity index is 0.669. The maximum absolute atomic E-state index is 5.02. The van der Waals surface area contributed by atoms with E-state index in [4.69, 9.17) is 19.9 Å². The van der Waals surface area contributed by atoms with Crippen LogP contribution in [0.25, 0.3) is 172 Å². The number of aromatic nitrogens is 8. The summed E-state index contributed by atoms with van der Waals surface area (Å²) in [5.74, 6) is 0.391. The van der Waals surface area contributed by atoms with Gasteiger partial charge in [0.25, 0.3) is 0 Å². The largest absolute Gasteiger partial charge is 0.313 e. The average molecular weight is 1230 g/mol. The Bertz CT molecular complexity index is 6190. The molecule has 0 saturated carbocycles. The van der Waals surface area contributed by atoms with Crippen molar-refractivity contribution < 1.29 is 0 Å².